The molecule has 3 rings (SSSR count). The normalized spacial score (nSPS) is 17.5. The smallest absolute Gasteiger partial charge is 0.226 e. The average Bonchev–Trinajstić information content (AvgIpc) is 3.06. The van der Waals surface area contributed by atoms with E-state index in [1.165, 1.54) is 0 Å². The van der Waals surface area contributed by atoms with Gasteiger partial charge in [0.15, 0.2) is 0 Å². The lowest BCUT2D eigenvalue weighted by Gasteiger charge is -2.15. The molecule has 4 nitrogen and oxygen atoms in total. The van der Waals surface area contributed by atoms with Crippen molar-refractivity contribution in [2.75, 3.05) is 7.11 Å². The molecule has 1 aromatic heterocycles. The Morgan fingerprint density at radius 2 is 2.14 bits per heavy atom. The molecule has 1 aromatic carbocycles. The molecule has 1 aliphatic carbocycles. The van der Waals surface area contributed by atoms with Crippen molar-refractivity contribution < 1.29 is 9.53 Å². The minimum absolute atomic E-state index is 0.0629. The van der Waals surface area contributed by atoms with E-state index in [2.05, 4.69) is 10.3 Å². The third-order valence-electron chi connectivity index (χ3n) is 4.28. The summed E-state index contributed by atoms with van der Waals surface area (Å²) in [5.41, 5.74) is 1.75. The first-order valence-electron chi connectivity index (χ1n) is 7.10. The number of benzene rings is 1. The van der Waals surface area contributed by atoms with E-state index < -0.39 is 0 Å². The van der Waals surface area contributed by atoms with Crippen molar-refractivity contribution >= 4 is 28.4 Å². The zero-order valence-electron chi connectivity index (χ0n) is 12.4. The lowest BCUT2D eigenvalue weighted by molar-refractivity contribution is -0.126. The molecule has 1 amide bonds. The van der Waals surface area contributed by atoms with E-state index in [9.17, 15) is 4.79 Å². The van der Waals surface area contributed by atoms with Crippen molar-refractivity contribution in [1.29, 1.82) is 0 Å². The summed E-state index contributed by atoms with van der Waals surface area (Å²) in [5, 5.41) is 4.66. The third kappa shape index (κ3) is 2.60. The van der Waals surface area contributed by atoms with Gasteiger partial charge >= 0.3 is 0 Å². The van der Waals surface area contributed by atoms with Gasteiger partial charge in [-0.2, -0.15) is 0 Å². The Bertz CT molecular complexity index is 704. The number of hydrogen-bond donors (Lipinski definition) is 2. The second-order valence-corrected chi connectivity index (χ2v) is 6.46. The molecule has 1 fully saturated rings. The summed E-state index contributed by atoms with van der Waals surface area (Å²) in [6, 6.07) is 5.69. The fraction of sp³-hybridized carbons (Fsp3) is 0.438. The van der Waals surface area contributed by atoms with Crippen LogP contribution < -0.4 is 10.1 Å². The van der Waals surface area contributed by atoms with E-state index in [-0.39, 0.29) is 17.4 Å². The van der Waals surface area contributed by atoms with Gasteiger partial charge in [-0.1, -0.05) is 18.5 Å². The lowest BCUT2D eigenvalue weighted by atomic mass is 10.1. The molecular formula is C16H19ClN2O2. The summed E-state index contributed by atoms with van der Waals surface area (Å²) < 4.78 is 5.22. The van der Waals surface area contributed by atoms with Crippen LogP contribution in [0.4, 0.5) is 0 Å². The van der Waals surface area contributed by atoms with Gasteiger partial charge in [0, 0.05) is 28.1 Å². The van der Waals surface area contributed by atoms with Gasteiger partial charge in [-0.25, -0.2) is 0 Å². The number of aromatic amines is 1. The minimum Gasteiger partial charge on any atom is -0.495 e. The Morgan fingerprint density at radius 3 is 2.76 bits per heavy atom. The molecule has 112 valence electrons. The summed E-state index contributed by atoms with van der Waals surface area (Å²) >= 11 is 6.14. The predicted molar refractivity (Wildman–Crippen MR) is 83.8 cm³/mol. The number of carbonyl (C=O) groups excluding carboxylic acids is 1. The standard InChI is InChI=1S/C16H19ClN2O2/c1-9(18-15(20)16(2)4-5-16)12-7-10-6-11(17)14(21-3)8-13(10)19-12/h6-9,19H,4-5H2,1-3H3,(H,18,20). The summed E-state index contributed by atoms with van der Waals surface area (Å²) in [5.74, 6) is 0.768. The van der Waals surface area contributed by atoms with Crippen LogP contribution in [-0.2, 0) is 4.79 Å². The monoisotopic (exact) mass is 306 g/mol. The quantitative estimate of drug-likeness (QED) is 0.902. The number of carbonyl (C=O) groups is 1. The number of H-pyrrole nitrogens is 1. The zero-order chi connectivity index (χ0) is 15.2. The van der Waals surface area contributed by atoms with E-state index in [0.29, 0.717) is 10.8 Å². The molecule has 0 bridgehead atoms. The van der Waals surface area contributed by atoms with Crippen LogP contribution in [0.15, 0.2) is 18.2 Å². The van der Waals surface area contributed by atoms with E-state index >= 15 is 0 Å². The van der Waals surface area contributed by atoms with Crippen molar-refractivity contribution in [2.45, 2.75) is 32.7 Å². The average molecular weight is 307 g/mol. The van der Waals surface area contributed by atoms with Crippen molar-refractivity contribution in [3.8, 4) is 5.75 Å². The first-order chi connectivity index (χ1) is 9.93. The fourth-order valence-electron chi connectivity index (χ4n) is 2.41. The van der Waals surface area contributed by atoms with Gasteiger partial charge in [-0.3, -0.25) is 4.79 Å². The molecule has 21 heavy (non-hydrogen) atoms. The Labute approximate surface area is 128 Å². The molecule has 1 saturated carbocycles. The summed E-state index contributed by atoms with van der Waals surface area (Å²) in [7, 11) is 1.59. The van der Waals surface area contributed by atoms with E-state index in [1.54, 1.807) is 7.11 Å². The Morgan fingerprint density at radius 1 is 1.43 bits per heavy atom. The van der Waals surface area contributed by atoms with Gasteiger partial charge in [0.1, 0.15) is 5.75 Å². The highest BCUT2D eigenvalue weighted by Crippen LogP contribution is 2.45. The highest BCUT2D eigenvalue weighted by Gasteiger charge is 2.45. The Kier molecular flexibility index (Phi) is 3.36. The summed E-state index contributed by atoms with van der Waals surface area (Å²) in [6.07, 6.45) is 1.95. The van der Waals surface area contributed by atoms with Crippen LogP contribution in [0.3, 0.4) is 0 Å². The second kappa shape index (κ2) is 4.95. The molecular weight excluding hydrogens is 288 g/mol. The molecule has 0 aliphatic heterocycles. The number of ether oxygens (including phenoxy) is 1. The van der Waals surface area contributed by atoms with Crippen LogP contribution in [0.2, 0.25) is 5.02 Å². The number of hydrogen-bond acceptors (Lipinski definition) is 2. The molecule has 2 N–H and O–H groups in total. The maximum Gasteiger partial charge on any atom is 0.226 e. The maximum atomic E-state index is 12.1. The highest BCUT2D eigenvalue weighted by molar-refractivity contribution is 6.32. The largest absolute Gasteiger partial charge is 0.495 e. The Balaban J connectivity index is 1.84. The SMILES string of the molecule is COc1cc2[nH]c(C(C)NC(=O)C3(C)CC3)cc2cc1Cl. The van der Waals surface area contributed by atoms with Crippen molar-refractivity contribution in [2.24, 2.45) is 5.41 Å². The maximum absolute atomic E-state index is 12.1. The van der Waals surface area contributed by atoms with Crippen LogP contribution in [0, 0.1) is 5.41 Å². The van der Waals surface area contributed by atoms with E-state index in [0.717, 1.165) is 29.4 Å². The number of methoxy groups -OCH3 is 1. The number of aromatic nitrogens is 1. The highest BCUT2D eigenvalue weighted by atomic mass is 35.5. The van der Waals surface area contributed by atoms with E-state index in [4.69, 9.17) is 16.3 Å². The van der Waals surface area contributed by atoms with Crippen LogP contribution in [-0.4, -0.2) is 18.0 Å². The van der Waals surface area contributed by atoms with Gasteiger partial charge in [-0.05, 0) is 31.9 Å². The number of fused-ring (bicyclic) bond motifs is 1. The van der Waals surface area contributed by atoms with Gasteiger partial charge in [0.25, 0.3) is 0 Å². The van der Waals surface area contributed by atoms with Crippen molar-refractivity contribution in [1.82, 2.24) is 10.3 Å². The minimum atomic E-state index is -0.160. The molecule has 0 spiro atoms. The molecule has 1 heterocycles. The first-order valence-corrected chi connectivity index (χ1v) is 7.48. The lowest BCUT2D eigenvalue weighted by Crippen LogP contribution is -2.32. The molecule has 1 aliphatic rings. The summed E-state index contributed by atoms with van der Waals surface area (Å²) in [6.45, 7) is 3.98. The number of halogens is 1. The van der Waals surface area contributed by atoms with Crippen LogP contribution in [0.5, 0.6) is 5.75 Å². The third-order valence-corrected chi connectivity index (χ3v) is 4.57. The first kappa shape index (κ1) is 14.3. The van der Waals surface area contributed by atoms with Gasteiger partial charge in [0.05, 0.1) is 18.2 Å². The zero-order valence-corrected chi connectivity index (χ0v) is 13.2. The summed E-state index contributed by atoms with van der Waals surface area (Å²) in [4.78, 5) is 15.4. The topological polar surface area (TPSA) is 54.1 Å². The van der Waals surface area contributed by atoms with Gasteiger partial charge in [0.2, 0.25) is 5.91 Å². The second-order valence-electron chi connectivity index (χ2n) is 6.05. The molecule has 1 unspecified atom stereocenters. The Hall–Kier alpha value is -1.68. The van der Waals surface area contributed by atoms with Crippen LogP contribution >= 0.6 is 11.6 Å². The molecule has 1 atom stereocenters. The van der Waals surface area contributed by atoms with Crippen molar-refractivity contribution in [3.05, 3.63) is 28.9 Å². The molecule has 0 saturated heterocycles. The van der Waals surface area contributed by atoms with E-state index in [1.807, 2.05) is 32.0 Å². The van der Waals surface area contributed by atoms with Gasteiger partial charge < -0.3 is 15.0 Å². The van der Waals surface area contributed by atoms with Crippen molar-refractivity contribution in [3.63, 3.8) is 0 Å². The van der Waals surface area contributed by atoms with Crippen LogP contribution in [0.1, 0.15) is 38.4 Å². The predicted octanol–water partition coefficient (Wildman–Crippen LogP) is 3.81. The van der Waals surface area contributed by atoms with Gasteiger partial charge in [-0.15, -0.1) is 0 Å². The molecule has 2 aromatic rings. The fourth-order valence-corrected chi connectivity index (χ4v) is 2.66. The number of amides is 1. The molecule has 5 heteroatoms. The van der Waals surface area contributed by atoms with Crippen LogP contribution in [0.25, 0.3) is 10.9 Å². The molecule has 0 radical (unpaired) electrons. The number of rotatable bonds is 4. The number of nitrogens with one attached hydrogen (secondary N) is 2.